The molecule has 0 radical (unpaired) electrons. The van der Waals surface area contributed by atoms with Gasteiger partial charge in [0.15, 0.2) is 5.65 Å². The number of hydrogen-bond donors (Lipinski definition) is 1. The number of nitrogens with one attached hydrogen (secondary N) is 1. The molecule has 0 aliphatic carbocycles. The first kappa shape index (κ1) is 24.5. The Morgan fingerprint density at radius 1 is 1.14 bits per heavy atom. The van der Waals surface area contributed by atoms with E-state index in [2.05, 4.69) is 25.2 Å². The zero-order valence-corrected chi connectivity index (χ0v) is 19.9. The predicted molar refractivity (Wildman–Crippen MR) is 126 cm³/mol. The average molecular weight is 505 g/mol. The van der Waals surface area contributed by atoms with E-state index in [4.69, 9.17) is 0 Å². The van der Waals surface area contributed by atoms with Crippen LogP contribution in [0.3, 0.4) is 0 Å². The lowest BCUT2D eigenvalue weighted by atomic mass is 10.0. The van der Waals surface area contributed by atoms with Crippen LogP contribution in [0.15, 0.2) is 36.8 Å². The van der Waals surface area contributed by atoms with Crippen molar-refractivity contribution in [3.8, 4) is 0 Å². The van der Waals surface area contributed by atoms with Crippen molar-refractivity contribution in [2.75, 3.05) is 31.1 Å². The Labute approximate surface area is 206 Å². The molecule has 192 valence electrons. The molecular weight excluding hydrogens is 476 g/mol. The Morgan fingerprint density at radius 3 is 2.56 bits per heavy atom. The van der Waals surface area contributed by atoms with Crippen LogP contribution >= 0.6 is 0 Å². The molecule has 2 fully saturated rings. The lowest BCUT2D eigenvalue weighted by Gasteiger charge is -2.37. The minimum atomic E-state index is -4.82. The van der Waals surface area contributed by atoms with Gasteiger partial charge in [0.25, 0.3) is 5.91 Å². The largest absolute Gasteiger partial charge is 0.419 e. The van der Waals surface area contributed by atoms with Crippen LogP contribution in [0, 0.1) is 5.82 Å². The zero-order valence-electron chi connectivity index (χ0n) is 19.9. The molecule has 36 heavy (non-hydrogen) atoms. The fourth-order valence-electron chi connectivity index (χ4n) is 5.31. The summed E-state index contributed by atoms with van der Waals surface area (Å²) in [5.41, 5.74) is 0.0824. The number of rotatable bonds is 5. The number of aromatic nitrogens is 3. The molecule has 0 spiro atoms. The van der Waals surface area contributed by atoms with Crippen LogP contribution in [0.4, 0.5) is 23.2 Å². The molecule has 3 aromatic rings. The predicted octanol–water partition coefficient (Wildman–Crippen LogP) is 4.44. The molecule has 1 atom stereocenters. The SMILES string of the molecule is C[C@@H](NC(=O)c1cc(N2CCC(N3CCCC3)CC2)c2ncnn2c1)c1cccc(C(F)(F)F)c1F. The van der Waals surface area contributed by atoms with Crippen molar-refractivity contribution >= 4 is 17.2 Å². The smallest absolute Gasteiger partial charge is 0.368 e. The maximum Gasteiger partial charge on any atom is 0.419 e. The summed E-state index contributed by atoms with van der Waals surface area (Å²) in [6, 6.07) is 4.37. The summed E-state index contributed by atoms with van der Waals surface area (Å²) in [5, 5.41) is 6.82. The molecule has 1 N–H and O–H groups in total. The number of nitrogens with zero attached hydrogens (tertiary/aromatic N) is 5. The van der Waals surface area contributed by atoms with Crippen LogP contribution in [0.1, 0.15) is 60.1 Å². The number of piperidine rings is 1. The first-order valence-corrected chi connectivity index (χ1v) is 12.2. The number of likely N-dealkylation sites (tertiary alicyclic amines) is 1. The van der Waals surface area contributed by atoms with Crippen molar-refractivity contribution in [2.24, 2.45) is 0 Å². The second kappa shape index (κ2) is 9.68. The third kappa shape index (κ3) is 4.76. The first-order chi connectivity index (χ1) is 17.2. The van der Waals surface area contributed by atoms with Crippen molar-refractivity contribution in [3.63, 3.8) is 0 Å². The van der Waals surface area contributed by atoms with Crippen molar-refractivity contribution < 1.29 is 22.4 Å². The van der Waals surface area contributed by atoms with E-state index in [1.54, 1.807) is 6.07 Å². The molecule has 0 bridgehead atoms. The van der Waals surface area contributed by atoms with Crippen LogP contribution in [-0.4, -0.2) is 57.6 Å². The third-order valence-corrected chi connectivity index (χ3v) is 7.23. The van der Waals surface area contributed by atoms with E-state index in [-0.39, 0.29) is 11.1 Å². The summed E-state index contributed by atoms with van der Waals surface area (Å²) in [5.74, 6) is -1.92. The highest BCUT2D eigenvalue weighted by Crippen LogP contribution is 2.34. The summed E-state index contributed by atoms with van der Waals surface area (Å²) in [7, 11) is 0. The number of alkyl halides is 3. The standard InChI is InChI=1S/C25H28F4N6O/c1-16(19-5-4-6-20(22(19)26)25(27,28)29)32-24(36)17-13-21(23-30-15-31-35(23)14-17)34-11-7-18(8-12-34)33-9-2-3-10-33/h4-6,13-16,18H,2-3,7-12H2,1H3,(H,32,36)/t16-/m1/s1. The molecule has 1 aromatic carbocycles. The minimum Gasteiger partial charge on any atom is -0.368 e. The summed E-state index contributed by atoms with van der Waals surface area (Å²) in [6.07, 6.45) is 2.65. The Hall–Kier alpha value is -3.21. The average Bonchev–Trinajstić information content (AvgIpc) is 3.55. The molecule has 2 aliphatic heterocycles. The van der Waals surface area contributed by atoms with Gasteiger partial charge in [-0.2, -0.15) is 18.3 Å². The van der Waals surface area contributed by atoms with Gasteiger partial charge in [-0.05, 0) is 57.8 Å². The van der Waals surface area contributed by atoms with E-state index in [0.29, 0.717) is 17.8 Å². The van der Waals surface area contributed by atoms with Gasteiger partial charge in [0.1, 0.15) is 12.1 Å². The molecule has 4 heterocycles. The van der Waals surface area contributed by atoms with Crippen LogP contribution in [0.2, 0.25) is 0 Å². The number of benzene rings is 1. The second-order valence-electron chi connectivity index (χ2n) is 9.51. The molecule has 2 saturated heterocycles. The Kier molecular flexibility index (Phi) is 6.59. The Balaban J connectivity index is 1.35. The molecule has 1 amide bonds. The summed E-state index contributed by atoms with van der Waals surface area (Å²) in [4.78, 5) is 22.2. The van der Waals surface area contributed by atoms with Crippen molar-refractivity contribution in [3.05, 3.63) is 59.3 Å². The summed E-state index contributed by atoms with van der Waals surface area (Å²) < 4.78 is 55.5. The van der Waals surface area contributed by atoms with Gasteiger partial charge in [-0.25, -0.2) is 13.9 Å². The fourth-order valence-corrected chi connectivity index (χ4v) is 5.31. The monoisotopic (exact) mass is 504 g/mol. The third-order valence-electron chi connectivity index (χ3n) is 7.23. The number of hydrogen-bond acceptors (Lipinski definition) is 5. The fraction of sp³-hybridized carbons (Fsp3) is 0.480. The van der Waals surface area contributed by atoms with E-state index in [0.717, 1.165) is 50.8 Å². The summed E-state index contributed by atoms with van der Waals surface area (Å²) >= 11 is 0. The van der Waals surface area contributed by atoms with Gasteiger partial charge in [0, 0.05) is 30.9 Å². The number of carbonyl (C=O) groups is 1. The molecule has 2 aliphatic rings. The first-order valence-electron chi connectivity index (χ1n) is 12.2. The van der Waals surface area contributed by atoms with E-state index >= 15 is 0 Å². The molecular formula is C25H28F4N6O. The number of amides is 1. The molecule has 0 saturated carbocycles. The van der Waals surface area contributed by atoms with Crippen molar-refractivity contribution in [1.29, 1.82) is 0 Å². The highest BCUT2D eigenvalue weighted by molar-refractivity contribution is 5.96. The number of fused-ring (bicyclic) bond motifs is 1. The Bertz CT molecular complexity index is 1250. The van der Waals surface area contributed by atoms with Gasteiger partial charge >= 0.3 is 6.18 Å². The quantitative estimate of drug-likeness (QED) is 0.521. The second-order valence-corrected chi connectivity index (χ2v) is 9.51. The molecule has 5 rings (SSSR count). The van der Waals surface area contributed by atoms with Gasteiger partial charge in [0.2, 0.25) is 0 Å². The molecule has 7 nitrogen and oxygen atoms in total. The number of anilines is 1. The van der Waals surface area contributed by atoms with Gasteiger partial charge in [-0.3, -0.25) is 4.79 Å². The minimum absolute atomic E-state index is 0.232. The molecule has 11 heteroatoms. The van der Waals surface area contributed by atoms with E-state index in [1.165, 1.54) is 42.9 Å². The normalized spacial score (nSPS) is 18.6. The van der Waals surface area contributed by atoms with E-state index < -0.39 is 29.5 Å². The number of pyridine rings is 1. The number of halogens is 4. The highest BCUT2D eigenvalue weighted by atomic mass is 19.4. The lowest BCUT2D eigenvalue weighted by Crippen LogP contribution is -2.44. The van der Waals surface area contributed by atoms with Gasteiger partial charge < -0.3 is 15.1 Å². The Morgan fingerprint density at radius 2 is 1.86 bits per heavy atom. The zero-order chi connectivity index (χ0) is 25.4. The van der Waals surface area contributed by atoms with Gasteiger partial charge in [-0.15, -0.1) is 0 Å². The number of carbonyl (C=O) groups excluding carboxylic acids is 1. The van der Waals surface area contributed by atoms with Crippen LogP contribution in [-0.2, 0) is 6.18 Å². The lowest BCUT2D eigenvalue weighted by molar-refractivity contribution is -0.140. The van der Waals surface area contributed by atoms with E-state index in [1.807, 2.05) is 0 Å². The van der Waals surface area contributed by atoms with Crippen LogP contribution in [0.25, 0.3) is 5.65 Å². The topological polar surface area (TPSA) is 65.8 Å². The maximum atomic E-state index is 14.6. The van der Waals surface area contributed by atoms with Crippen molar-refractivity contribution in [2.45, 2.75) is 50.9 Å². The summed E-state index contributed by atoms with van der Waals surface area (Å²) in [6.45, 7) is 5.40. The van der Waals surface area contributed by atoms with Crippen LogP contribution in [0.5, 0.6) is 0 Å². The molecule has 0 unspecified atom stereocenters. The van der Waals surface area contributed by atoms with Gasteiger partial charge in [0.05, 0.1) is 22.9 Å². The van der Waals surface area contributed by atoms with Crippen LogP contribution < -0.4 is 10.2 Å². The molecule has 2 aromatic heterocycles. The van der Waals surface area contributed by atoms with E-state index in [9.17, 15) is 22.4 Å². The van der Waals surface area contributed by atoms with Gasteiger partial charge in [-0.1, -0.05) is 12.1 Å². The maximum absolute atomic E-state index is 14.6. The van der Waals surface area contributed by atoms with Crippen molar-refractivity contribution in [1.82, 2.24) is 24.8 Å². The highest BCUT2D eigenvalue weighted by Gasteiger charge is 2.35.